The van der Waals surface area contributed by atoms with Crippen LogP contribution in [0.3, 0.4) is 0 Å². The summed E-state index contributed by atoms with van der Waals surface area (Å²) in [4.78, 5) is 16.8. The number of hydrogen-bond donors (Lipinski definition) is 1. The molecular formula is C22H19FN4OS2. The van der Waals surface area contributed by atoms with Crippen LogP contribution in [0.1, 0.15) is 10.6 Å². The highest BCUT2D eigenvalue weighted by atomic mass is 32.2. The molecule has 0 bridgehead atoms. The Morgan fingerprint density at radius 1 is 1.10 bits per heavy atom. The molecule has 0 fully saturated rings. The van der Waals surface area contributed by atoms with Gasteiger partial charge in [-0.05, 0) is 43.2 Å². The van der Waals surface area contributed by atoms with Gasteiger partial charge >= 0.3 is 0 Å². The largest absolute Gasteiger partial charge is 0.355 e. The minimum Gasteiger partial charge on any atom is -0.355 e. The first-order chi connectivity index (χ1) is 14.6. The fourth-order valence-electron chi connectivity index (χ4n) is 2.99. The van der Waals surface area contributed by atoms with Crippen molar-refractivity contribution in [2.75, 3.05) is 12.3 Å². The van der Waals surface area contributed by atoms with E-state index in [1.54, 1.807) is 12.1 Å². The number of amides is 1. The zero-order valence-electron chi connectivity index (χ0n) is 16.3. The molecule has 0 radical (unpaired) electrons. The van der Waals surface area contributed by atoms with Crippen LogP contribution < -0.4 is 5.32 Å². The lowest BCUT2D eigenvalue weighted by Crippen LogP contribution is -2.27. The Labute approximate surface area is 181 Å². The third-order valence-electron chi connectivity index (χ3n) is 4.43. The molecule has 5 nitrogen and oxygen atoms in total. The molecule has 0 aliphatic rings. The molecule has 2 aromatic carbocycles. The van der Waals surface area contributed by atoms with Crippen LogP contribution in [0.15, 0.2) is 59.6 Å². The summed E-state index contributed by atoms with van der Waals surface area (Å²) in [6.45, 7) is 2.51. The van der Waals surface area contributed by atoms with Crippen molar-refractivity contribution < 1.29 is 9.18 Å². The summed E-state index contributed by atoms with van der Waals surface area (Å²) < 4.78 is 14.1. The normalized spacial score (nSPS) is 11.0. The highest BCUT2D eigenvalue weighted by Crippen LogP contribution is 2.35. The molecule has 2 heterocycles. The van der Waals surface area contributed by atoms with Crippen molar-refractivity contribution in [3.8, 4) is 11.3 Å². The predicted octanol–water partition coefficient (Wildman–Crippen LogP) is 4.65. The monoisotopic (exact) mass is 438 g/mol. The molecular weight excluding hydrogens is 419 g/mol. The summed E-state index contributed by atoms with van der Waals surface area (Å²) in [6.07, 6.45) is 0.791. The molecule has 4 aromatic rings. The van der Waals surface area contributed by atoms with Gasteiger partial charge in [0.05, 0.1) is 15.5 Å². The quantitative estimate of drug-likeness (QED) is 0.425. The topological polar surface area (TPSA) is 67.8 Å². The molecule has 1 amide bonds. The van der Waals surface area contributed by atoms with Gasteiger partial charge in [0.1, 0.15) is 22.1 Å². The number of carbonyl (C=O) groups is 1. The van der Waals surface area contributed by atoms with E-state index >= 15 is 0 Å². The molecule has 0 saturated carbocycles. The molecule has 2 aromatic heterocycles. The summed E-state index contributed by atoms with van der Waals surface area (Å²) in [5, 5.41) is 13.1. The Kier molecular flexibility index (Phi) is 6.35. The number of nitrogens with one attached hydrogen (secondary N) is 1. The van der Waals surface area contributed by atoms with Crippen LogP contribution >= 0.6 is 23.1 Å². The molecule has 30 heavy (non-hydrogen) atoms. The van der Waals surface area contributed by atoms with Gasteiger partial charge in [0, 0.05) is 12.1 Å². The maximum Gasteiger partial charge on any atom is 0.230 e. The summed E-state index contributed by atoms with van der Waals surface area (Å²) in [6, 6.07) is 16.2. The first kappa shape index (κ1) is 20.4. The summed E-state index contributed by atoms with van der Waals surface area (Å²) in [5.74, 6) is -0.111. The Hall–Kier alpha value is -2.84. The first-order valence-electron chi connectivity index (χ1n) is 9.43. The number of benzene rings is 2. The van der Waals surface area contributed by atoms with Gasteiger partial charge in [-0.25, -0.2) is 9.37 Å². The second-order valence-corrected chi connectivity index (χ2v) is 8.81. The van der Waals surface area contributed by atoms with E-state index in [0.29, 0.717) is 17.3 Å². The predicted molar refractivity (Wildman–Crippen MR) is 119 cm³/mol. The number of rotatable bonds is 7. The minimum atomic E-state index is -0.297. The van der Waals surface area contributed by atoms with Gasteiger partial charge < -0.3 is 5.32 Å². The molecule has 4 rings (SSSR count). The molecule has 0 spiro atoms. The number of aryl methyl sites for hydroxylation is 1. The third kappa shape index (κ3) is 4.83. The van der Waals surface area contributed by atoms with Crippen LogP contribution in [0.2, 0.25) is 0 Å². The van der Waals surface area contributed by atoms with Gasteiger partial charge in [0.25, 0.3) is 0 Å². The van der Waals surface area contributed by atoms with Gasteiger partial charge in [0.2, 0.25) is 5.91 Å². The van der Waals surface area contributed by atoms with E-state index in [1.165, 1.54) is 40.8 Å². The van der Waals surface area contributed by atoms with E-state index in [2.05, 4.69) is 20.5 Å². The number of thiazole rings is 1. The number of aromatic nitrogens is 3. The molecule has 0 saturated heterocycles. The SMILES string of the molecule is Cc1nc2c(SCC(=O)NCCc3ccccc3)nnc(-c3ccc(F)cc3)c2s1. The molecule has 0 unspecified atom stereocenters. The lowest BCUT2D eigenvalue weighted by Gasteiger charge is -2.06. The van der Waals surface area contributed by atoms with Crippen molar-refractivity contribution in [2.24, 2.45) is 0 Å². The van der Waals surface area contributed by atoms with Crippen molar-refractivity contribution in [3.05, 3.63) is 71.0 Å². The van der Waals surface area contributed by atoms with Gasteiger partial charge in [0.15, 0.2) is 0 Å². The van der Waals surface area contributed by atoms with Gasteiger partial charge in [-0.1, -0.05) is 42.1 Å². The standard InChI is InChI=1S/C22H19FN4OS2/c1-14-25-20-21(30-14)19(16-7-9-17(23)10-8-16)26-27-22(20)29-13-18(28)24-12-11-15-5-3-2-4-6-15/h2-10H,11-13H2,1H3,(H,24,28). The van der Waals surface area contributed by atoms with Crippen LogP contribution in [0, 0.1) is 12.7 Å². The molecule has 1 N–H and O–H groups in total. The molecule has 8 heteroatoms. The Bertz CT molecular complexity index is 1160. The minimum absolute atomic E-state index is 0.0551. The number of carbonyl (C=O) groups excluding carboxylic acids is 1. The summed E-state index contributed by atoms with van der Waals surface area (Å²) in [5.41, 5.74) is 3.38. The fourth-order valence-corrected chi connectivity index (χ4v) is 4.73. The van der Waals surface area contributed by atoms with Crippen molar-refractivity contribution in [1.29, 1.82) is 0 Å². The van der Waals surface area contributed by atoms with Crippen molar-refractivity contribution >= 4 is 39.2 Å². The lowest BCUT2D eigenvalue weighted by atomic mass is 10.1. The average Bonchev–Trinajstić information content (AvgIpc) is 3.15. The van der Waals surface area contributed by atoms with Crippen molar-refractivity contribution in [3.63, 3.8) is 0 Å². The second kappa shape index (κ2) is 9.32. The van der Waals surface area contributed by atoms with E-state index in [4.69, 9.17) is 0 Å². The summed E-state index contributed by atoms with van der Waals surface area (Å²) in [7, 11) is 0. The van der Waals surface area contributed by atoms with Gasteiger partial charge in [-0.2, -0.15) is 0 Å². The number of thioether (sulfide) groups is 1. The first-order valence-corrected chi connectivity index (χ1v) is 11.2. The molecule has 0 aliphatic carbocycles. The van der Waals surface area contributed by atoms with E-state index < -0.39 is 0 Å². The molecule has 152 valence electrons. The van der Waals surface area contributed by atoms with E-state index in [9.17, 15) is 9.18 Å². The highest BCUT2D eigenvalue weighted by molar-refractivity contribution is 8.00. The Balaban J connectivity index is 1.44. The van der Waals surface area contributed by atoms with E-state index in [0.717, 1.165) is 27.2 Å². The van der Waals surface area contributed by atoms with Crippen LogP contribution in [-0.4, -0.2) is 33.4 Å². The maximum absolute atomic E-state index is 13.3. The van der Waals surface area contributed by atoms with E-state index in [-0.39, 0.29) is 17.5 Å². The zero-order valence-corrected chi connectivity index (χ0v) is 17.9. The Morgan fingerprint density at radius 2 is 1.87 bits per heavy atom. The van der Waals surface area contributed by atoms with Gasteiger partial charge in [-0.15, -0.1) is 21.5 Å². The van der Waals surface area contributed by atoms with Crippen LogP contribution in [0.25, 0.3) is 21.5 Å². The number of hydrogen-bond acceptors (Lipinski definition) is 6. The zero-order chi connectivity index (χ0) is 20.9. The summed E-state index contributed by atoms with van der Waals surface area (Å²) >= 11 is 2.84. The highest BCUT2D eigenvalue weighted by Gasteiger charge is 2.17. The lowest BCUT2D eigenvalue weighted by molar-refractivity contribution is -0.118. The number of fused-ring (bicyclic) bond motifs is 1. The Morgan fingerprint density at radius 3 is 2.63 bits per heavy atom. The van der Waals surface area contributed by atoms with Crippen LogP contribution in [0.4, 0.5) is 4.39 Å². The maximum atomic E-state index is 13.3. The fraction of sp³-hybridized carbons (Fsp3) is 0.182. The second-order valence-electron chi connectivity index (χ2n) is 6.65. The smallest absolute Gasteiger partial charge is 0.230 e. The third-order valence-corrected chi connectivity index (χ3v) is 6.36. The van der Waals surface area contributed by atoms with Crippen molar-refractivity contribution in [1.82, 2.24) is 20.5 Å². The van der Waals surface area contributed by atoms with Crippen LogP contribution in [-0.2, 0) is 11.2 Å². The number of nitrogens with zero attached hydrogens (tertiary/aromatic N) is 3. The van der Waals surface area contributed by atoms with Gasteiger partial charge in [-0.3, -0.25) is 4.79 Å². The van der Waals surface area contributed by atoms with E-state index in [1.807, 2.05) is 37.3 Å². The average molecular weight is 439 g/mol. The van der Waals surface area contributed by atoms with Crippen molar-refractivity contribution in [2.45, 2.75) is 18.4 Å². The molecule has 0 aliphatic heterocycles. The molecule has 0 atom stereocenters. The van der Waals surface area contributed by atoms with Crippen LogP contribution in [0.5, 0.6) is 0 Å². The number of halogens is 1.